The smallest absolute Gasteiger partial charge is 0.248 e. The van der Waals surface area contributed by atoms with E-state index in [4.69, 9.17) is 43.6 Å². The Labute approximate surface area is 215 Å². The van der Waals surface area contributed by atoms with E-state index in [-0.39, 0.29) is 5.91 Å². The Morgan fingerprint density at radius 3 is 2.54 bits per heavy atom. The topological polar surface area (TPSA) is 68.3 Å². The van der Waals surface area contributed by atoms with Gasteiger partial charge in [0.05, 0.1) is 10.7 Å². The summed E-state index contributed by atoms with van der Waals surface area (Å²) in [7, 11) is 0. The zero-order chi connectivity index (χ0) is 24.5. The second-order valence-corrected chi connectivity index (χ2v) is 9.07. The second-order valence-electron chi connectivity index (χ2n) is 7.81. The number of rotatable bonds is 5. The molecule has 0 unspecified atom stereocenters. The third-order valence-electron chi connectivity index (χ3n) is 5.30. The van der Waals surface area contributed by atoms with Gasteiger partial charge in [-0.15, -0.1) is 0 Å². The van der Waals surface area contributed by atoms with Gasteiger partial charge in [0.1, 0.15) is 17.0 Å². The number of oxazole rings is 1. The molecule has 0 saturated heterocycles. The van der Waals surface area contributed by atoms with E-state index in [1.54, 1.807) is 48.5 Å². The molecule has 0 saturated carbocycles. The first-order chi connectivity index (χ1) is 16.9. The Bertz CT molecular complexity index is 1600. The summed E-state index contributed by atoms with van der Waals surface area (Å²) in [6.45, 7) is 1.94. The predicted molar refractivity (Wildman–Crippen MR) is 141 cm³/mol. The molecule has 0 aliphatic heterocycles. The maximum atomic E-state index is 12.6. The van der Waals surface area contributed by atoms with E-state index >= 15 is 0 Å². The minimum Gasteiger partial charge on any atom is -0.457 e. The molecule has 0 radical (unpaired) electrons. The molecule has 2 heterocycles. The molecule has 0 bridgehead atoms. The van der Waals surface area contributed by atoms with Gasteiger partial charge >= 0.3 is 0 Å². The molecule has 174 valence electrons. The van der Waals surface area contributed by atoms with Crippen LogP contribution in [0.2, 0.25) is 15.1 Å². The first-order valence-electron chi connectivity index (χ1n) is 10.6. The van der Waals surface area contributed by atoms with Crippen LogP contribution in [0.15, 0.2) is 81.6 Å². The van der Waals surface area contributed by atoms with Gasteiger partial charge in [-0.3, -0.25) is 4.79 Å². The number of fused-ring (bicyclic) bond motifs is 1. The van der Waals surface area contributed by atoms with E-state index < -0.39 is 0 Å². The normalized spacial score (nSPS) is 11.4. The van der Waals surface area contributed by atoms with Crippen molar-refractivity contribution in [1.82, 2.24) is 4.98 Å². The summed E-state index contributed by atoms with van der Waals surface area (Å²) < 4.78 is 11.6. The zero-order valence-corrected chi connectivity index (χ0v) is 20.6. The van der Waals surface area contributed by atoms with Crippen LogP contribution in [0.25, 0.3) is 40.0 Å². The standard InChI is InChI=1S/C27H17Cl3N2O3/c1-15-2-3-16(12-21(15)30)24-10-6-19(34-24)7-11-26(33)31-22-13-17(4-8-20(22)29)27-32-23-14-18(28)5-9-25(23)35-27/h2-14H,1H3,(H,31,33)/b11-7+. The van der Waals surface area contributed by atoms with Crippen molar-refractivity contribution in [1.29, 1.82) is 0 Å². The first-order valence-corrected chi connectivity index (χ1v) is 11.7. The Kier molecular flexibility index (Phi) is 6.39. The number of aromatic nitrogens is 1. The maximum absolute atomic E-state index is 12.6. The van der Waals surface area contributed by atoms with Crippen LogP contribution in [0.4, 0.5) is 5.69 Å². The van der Waals surface area contributed by atoms with E-state index in [0.717, 1.165) is 11.1 Å². The number of halogens is 3. The number of anilines is 1. The summed E-state index contributed by atoms with van der Waals surface area (Å²) in [5.74, 6) is 1.20. The monoisotopic (exact) mass is 522 g/mol. The van der Waals surface area contributed by atoms with Crippen molar-refractivity contribution >= 4 is 63.6 Å². The molecular formula is C27H17Cl3N2O3. The highest BCUT2D eigenvalue weighted by molar-refractivity contribution is 6.34. The van der Waals surface area contributed by atoms with E-state index in [0.29, 0.717) is 54.8 Å². The first kappa shape index (κ1) is 23.2. The average molecular weight is 524 g/mol. The summed E-state index contributed by atoms with van der Waals surface area (Å²) >= 11 is 18.5. The number of aryl methyl sites for hydroxylation is 1. The zero-order valence-electron chi connectivity index (χ0n) is 18.3. The SMILES string of the molecule is Cc1ccc(-c2ccc(/C=C/C(=O)Nc3cc(-c4nc5cc(Cl)ccc5o4)ccc3Cl)o2)cc1Cl. The minimum atomic E-state index is -0.371. The van der Waals surface area contributed by atoms with Gasteiger partial charge in [-0.1, -0.05) is 46.9 Å². The predicted octanol–water partition coefficient (Wildman–Crippen LogP) is 8.68. The summed E-state index contributed by atoms with van der Waals surface area (Å²) in [6, 6.07) is 19.7. The molecule has 0 aliphatic rings. The molecule has 2 aromatic heterocycles. The van der Waals surface area contributed by atoms with E-state index in [1.165, 1.54) is 6.08 Å². The van der Waals surface area contributed by atoms with Crippen LogP contribution in [0.3, 0.4) is 0 Å². The number of benzene rings is 3. The van der Waals surface area contributed by atoms with Crippen LogP contribution in [-0.2, 0) is 4.79 Å². The van der Waals surface area contributed by atoms with Crippen LogP contribution in [-0.4, -0.2) is 10.9 Å². The molecule has 5 rings (SSSR count). The fraction of sp³-hybridized carbons (Fsp3) is 0.0370. The highest BCUT2D eigenvalue weighted by atomic mass is 35.5. The molecule has 35 heavy (non-hydrogen) atoms. The second kappa shape index (κ2) is 9.62. The summed E-state index contributed by atoms with van der Waals surface area (Å²) in [5, 5.41) is 4.39. The lowest BCUT2D eigenvalue weighted by Crippen LogP contribution is -2.08. The Morgan fingerprint density at radius 1 is 0.886 bits per heavy atom. The van der Waals surface area contributed by atoms with Crippen LogP contribution in [0.5, 0.6) is 0 Å². The van der Waals surface area contributed by atoms with Gasteiger partial charge in [0, 0.05) is 27.2 Å². The molecule has 0 aliphatic carbocycles. The minimum absolute atomic E-state index is 0.371. The van der Waals surface area contributed by atoms with Gasteiger partial charge in [0.15, 0.2) is 5.58 Å². The van der Waals surface area contributed by atoms with E-state index in [1.807, 2.05) is 31.2 Å². The number of carbonyl (C=O) groups is 1. The highest BCUT2D eigenvalue weighted by Gasteiger charge is 2.12. The van der Waals surface area contributed by atoms with E-state index in [9.17, 15) is 4.79 Å². The molecule has 1 amide bonds. The highest BCUT2D eigenvalue weighted by Crippen LogP contribution is 2.31. The maximum Gasteiger partial charge on any atom is 0.248 e. The van der Waals surface area contributed by atoms with Crippen LogP contribution in [0, 0.1) is 6.92 Å². The lowest BCUT2D eigenvalue weighted by molar-refractivity contribution is -0.111. The van der Waals surface area contributed by atoms with Crippen molar-refractivity contribution in [3.63, 3.8) is 0 Å². The van der Waals surface area contributed by atoms with Crippen LogP contribution in [0.1, 0.15) is 11.3 Å². The number of hydrogen-bond donors (Lipinski definition) is 1. The van der Waals surface area contributed by atoms with Crippen molar-refractivity contribution < 1.29 is 13.6 Å². The summed E-state index contributed by atoms with van der Waals surface area (Å²) in [5.41, 5.74) is 4.18. The van der Waals surface area contributed by atoms with Crippen molar-refractivity contribution in [2.45, 2.75) is 6.92 Å². The number of nitrogens with zero attached hydrogens (tertiary/aromatic N) is 1. The third-order valence-corrected chi connectivity index (χ3v) is 6.27. The van der Waals surface area contributed by atoms with Gasteiger partial charge < -0.3 is 14.2 Å². The Hall–Kier alpha value is -3.51. The largest absolute Gasteiger partial charge is 0.457 e. The van der Waals surface area contributed by atoms with E-state index in [2.05, 4.69) is 10.3 Å². The van der Waals surface area contributed by atoms with Gasteiger partial charge in [-0.25, -0.2) is 4.98 Å². The molecule has 0 atom stereocenters. The van der Waals surface area contributed by atoms with Crippen molar-refractivity contribution in [3.05, 3.63) is 99.2 Å². The van der Waals surface area contributed by atoms with Crippen LogP contribution >= 0.6 is 34.8 Å². The average Bonchev–Trinajstić information content (AvgIpc) is 3.48. The molecule has 8 heteroatoms. The molecular weight excluding hydrogens is 507 g/mol. The fourth-order valence-corrected chi connectivity index (χ4v) is 3.97. The quantitative estimate of drug-likeness (QED) is 0.234. The lowest BCUT2D eigenvalue weighted by Gasteiger charge is -2.06. The number of hydrogen-bond acceptors (Lipinski definition) is 4. The van der Waals surface area contributed by atoms with Gasteiger partial charge in [0.2, 0.25) is 11.8 Å². The molecule has 5 nitrogen and oxygen atoms in total. The van der Waals surface area contributed by atoms with Gasteiger partial charge in [-0.2, -0.15) is 0 Å². The van der Waals surface area contributed by atoms with Crippen molar-refractivity contribution in [2.24, 2.45) is 0 Å². The lowest BCUT2D eigenvalue weighted by atomic mass is 10.1. The fourth-order valence-electron chi connectivity index (χ4n) is 3.45. The van der Waals surface area contributed by atoms with Crippen LogP contribution < -0.4 is 5.32 Å². The third kappa shape index (κ3) is 5.13. The number of carbonyl (C=O) groups excluding carboxylic acids is 1. The number of furan rings is 1. The molecule has 3 aromatic carbocycles. The molecule has 1 N–H and O–H groups in total. The van der Waals surface area contributed by atoms with Crippen molar-refractivity contribution in [2.75, 3.05) is 5.32 Å². The summed E-state index contributed by atoms with van der Waals surface area (Å²) in [6.07, 6.45) is 2.95. The molecule has 0 fully saturated rings. The van der Waals surface area contributed by atoms with Gasteiger partial charge in [0.25, 0.3) is 0 Å². The molecule has 0 spiro atoms. The Balaban J connectivity index is 1.31. The number of amides is 1. The molecule has 5 aromatic rings. The summed E-state index contributed by atoms with van der Waals surface area (Å²) in [4.78, 5) is 17.0. The van der Waals surface area contributed by atoms with Crippen molar-refractivity contribution in [3.8, 4) is 22.8 Å². The Morgan fingerprint density at radius 2 is 1.71 bits per heavy atom. The van der Waals surface area contributed by atoms with Gasteiger partial charge in [-0.05, 0) is 73.2 Å². The number of nitrogens with one attached hydrogen (secondary N) is 1.